The molecular formula is C21H15N3O7S. The van der Waals surface area contributed by atoms with E-state index in [0.29, 0.717) is 27.8 Å². The minimum absolute atomic E-state index is 0.0250. The Morgan fingerprint density at radius 2 is 2.00 bits per heavy atom. The second kappa shape index (κ2) is 8.63. The molecule has 1 aromatic heterocycles. The Morgan fingerprint density at radius 3 is 2.69 bits per heavy atom. The van der Waals surface area contributed by atoms with Crippen LogP contribution in [0.2, 0.25) is 0 Å². The number of aromatic nitrogens is 1. The van der Waals surface area contributed by atoms with Crippen LogP contribution in [0.5, 0.6) is 11.5 Å². The molecule has 2 heterocycles. The van der Waals surface area contributed by atoms with Gasteiger partial charge in [-0.1, -0.05) is 6.07 Å². The first-order chi connectivity index (χ1) is 15.4. The molecule has 0 amide bonds. The van der Waals surface area contributed by atoms with Gasteiger partial charge in [0.05, 0.1) is 28.8 Å². The minimum Gasteiger partial charge on any atom is -0.480 e. The fourth-order valence-corrected chi connectivity index (χ4v) is 4.04. The van der Waals surface area contributed by atoms with E-state index in [1.165, 1.54) is 31.0 Å². The number of aliphatic imine (C=N–C) groups is 1. The van der Waals surface area contributed by atoms with Crippen molar-refractivity contribution >= 4 is 45.3 Å². The molecule has 3 aromatic rings. The molecule has 1 aliphatic rings. The Hall–Kier alpha value is -3.99. The van der Waals surface area contributed by atoms with E-state index in [4.69, 9.17) is 9.84 Å². The van der Waals surface area contributed by atoms with Crippen LogP contribution in [0.1, 0.15) is 16.1 Å². The smallest absolute Gasteiger partial charge is 0.338 e. The van der Waals surface area contributed by atoms with Crippen molar-refractivity contribution in [2.24, 2.45) is 4.99 Å². The monoisotopic (exact) mass is 453 g/mol. The Morgan fingerprint density at radius 1 is 1.19 bits per heavy atom. The predicted molar refractivity (Wildman–Crippen MR) is 117 cm³/mol. The maximum absolute atomic E-state index is 11.6. The molecule has 0 saturated heterocycles. The number of fused-ring (bicyclic) bond motifs is 1. The molecule has 2 aromatic carbocycles. The van der Waals surface area contributed by atoms with Gasteiger partial charge >= 0.3 is 17.6 Å². The third kappa shape index (κ3) is 4.23. The van der Waals surface area contributed by atoms with Gasteiger partial charge in [-0.15, -0.1) is 11.8 Å². The van der Waals surface area contributed by atoms with Crippen molar-refractivity contribution in [2.45, 2.75) is 6.04 Å². The quantitative estimate of drug-likeness (QED) is 0.336. The molecule has 10 nitrogen and oxygen atoms in total. The molecule has 1 N–H and O–H groups in total. The van der Waals surface area contributed by atoms with Gasteiger partial charge in [0.25, 0.3) is 0 Å². The second-order valence-corrected chi connectivity index (χ2v) is 7.69. The lowest BCUT2D eigenvalue weighted by Gasteiger charge is -2.09. The van der Waals surface area contributed by atoms with Crippen LogP contribution in [0, 0.1) is 10.1 Å². The zero-order chi connectivity index (χ0) is 22.8. The number of aliphatic carboxylic acids is 1. The van der Waals surface area contributed by atoms with E-state index < -0.39 is 22.9 Å². The molecule has 0 aliphatic carbocycles. The SMILES string of the molecule is COC(=O)c1ccc(Oc2ccc3nc(C4=N[C@@H](C(=O)O)CS4)ccc3c2)c([N+](=O)[O-])c1. The highest BCUT2D eigenvalue weighted by Crippen LogP contribution is 2.34. The number of carboxylic acid groups (broad SMARTS) is 1. The zero-order valence-corrected chi connectivity index (χ0v) is 17.4. The van der Waals surface area contributed by atoms with E-state index in [2.05, 4.69) is 14.7 Å². The summed E-state index contributed by atoms with van der Waals surface area (Å²) in [6, 6.07) is 11.5. The fraction of sp³-hybridized carbons (Fsp3) is 0.143. The normalized spacial score (nSPS) is 15.3. The first-order valence-electron chi connectivity index (χ1n) is 9.25. The molecule has 1 atom stereocenters. The second-order valence-electron chi connectivity index (χ2n) is 6.68. The number of nitro benzene ring substituents is 1. The summed E-state index contributed by atoms with van der Waals surface area (Å²) < 4.78 is 10.3. The number of thioether (sulfide) groups is 1. The molecule has 1 aliphatic heterocycles. The van der Waals surface area contributed by atoms with Crippen molar-refractivity contribution in [3.05, 3.63) is 69.9 Å². The number of carboxylic acids is 1. The average Bonchev–Trinajstić information content (AvgIpc) is 3.29. The van der Waals surface area contributed by atoms with E-state index in [0.717, 1.165) is 11.5 Å². The fourth-order valence-electron chi connectivity index (χ4n) is 3.04. The van der Waals surface area contributed by atoms with Gasteiger partial charge in [-0.3, -0.25) is 15.1 Å². The van der Waals surface area contributed by atoms with Crippen LogP contribution in [-0.2, 0) is 9.53 Å². The van der Waals surface area contributed by atoms with Gasteiger partial charge in [0, 0.05) is 17.2 Å². The molecule has 162 valence electrons. The Kier molecular flexibility index (Phi) is 5.73. The van der Waals surface area contributed by atoms with Crippen molar-refractivity contribution in [1.29, 1.82) is 0 Å². The summed E-state index contributed by atoms with van der Waals surface area (Å²) >= 11 is 1.34. The summed E-state index contributed by atoms with van der Waals surface area (Å²) in [6.45, 7) is 0. The molecule has 0 fully saturated rings. The topological polar surface area (TPSA) is 141 Å². The van der Waals surface area contributed by atoms with Gasteiger partial charge in [-0.05, 0) is 36.4 Å². The Bertz CT molecular complexity index is 1290. The molecule has 4 rings (SSSR count). The maximum atomic E-state index is 11.6. The summed E-state index contributed by atoms with van der Waals surface area (Å²) in [5.74, 6) is -0.969. The molecule has 0 saturated carbocycles. The van der Waals surface area contributed by atoms with E-state index in [1.54, 1.807) is 30.3 Å². The first-order valence-corrected chi connectivity index (χ1v) is 10.2. The highest BCUT2D eigenvalue weighted by molar-refractivity contribution is 8.14. The van der Waals surface area contributed by atoms with Gasteiger partial charge in [-0.25, -0.2) is 14.6 Å². The lowest BCUT2D eigenvalue weighted by molar-refractivity contribution is -0.385. The van der Waals surface area contributed by atoms with Crippen LogP contribution in [-0.4, -0.2) is 50.9 Å². The number of ether oxygens (including phenoxy) is 2. The van der Waals surface area contributed by atoms with E-state index in [9.17, 15) is 19.7 Å². The predicted octanol–water partition coefficient (Wildman–Crippen LogP) is 3.67. The Labute approximate surface area is 185 Å². The summed E-state index contributed by atoms with van der Waals surface area (Å²) in [7, 11) is 1.19. The summed E-state index contributed by atoms with van der Waals surface area (Å²) in [5, 5.41) is 21.8. The van der Waals surface area contributed by atoms with Gasteiger partial charge in [-0.2, -0.15) is 0 Å². The number of benzene rings is 2. The Balaban J connectivity index is 1.61. The average molecular weight is 453 g/mol. The lowest BCUT2D eigenvalue weighted by Crippen LogP contribution is -2.17. The van der Waals surface area contributed by atoms with Crippen LogP contribution in [0.25, 0.3) is 10.9 Å². The van der Waals surface area contributed by atoms with Gasteiger partial charge in [0.1, 0.15) is 10.8 Å². The van der Waals surface area contributed by atoms with Crippen LogP contribution in [0.15, 0.2) is 53.5 Å². The van der Waals surface area contributed by atoms with Crippen molar-refractivity contribution in [2.75, 3.05) is 12.9 Å². The van der Waals surface area contributed by atoms with E-state index in [-0.39, 0.29) is 17.0 Å². The third-order valence-electron chi connectivity index (χ3n) is 4.62. The number of carbonyl (C=O) groups is 2. The van der Waals surface area contributed by atoms with E-state index in [1.807, 2.05) is 0 Å². The number of hydrogen-bond acceptors (Lipinski definition) is 9. The summed E-state index contributed by atoms with van der Waals surface area (Å²) in [6.07, 6.45) is 0. The number of methoxy groups -OCH3 is 1. The lowest BCUT2D eigenvalue weighted by atomic mass is 10.1. The zero-order valence-electron chi connectivity index (χ0n) is 16.5. The van der Waals surface area contributed by atoms with Crippen molar-refractivity contribution in [3.8, 4) is 11.5 Å². The number of rotatable bonds is 6. The van der Waals surface area contributed by atoms with Gasteiger partial charge < -0.3 is 14.6 Å². The first kappa shape index (κ1) is 21.2. The van der Waals surface area contributed by atoms with Crippen LogP contribution in [0.3, 0.4) is 0 Å². The molecule has 11 heteroatoms. The van der Waals surface area contributed by atoms with Gasteiger partial charge in [0.2, 0.25) is 5.75 Å². The molecular weight excluding hydrogens is 438 g/mol. The number of nitrogens with zero attached hydrogens (tertiary/aromatic N) is 3. The number of esters is 1. The summed E-state index contributed by atoms with van der Waals surface area (Å²) in [4.78, 5) is 42.2. The van der Waals surface area contributed by atoms with Crippen molar-refractivity contribution in [1.82, 2.24) is 4.98 Å². The van der Waals surface area contributed by atoms with Crippen molar-refractivity contribution in [3.63, 3.8) is 0 Å². The van der Waals surface area contributed by atoms with Crippen LogP contribution >= 0.6 is 11.8 Å². The van der Waals surface area contributed by atoms with Crippen LogP contribution in [0.4, 0.5) is 5.69 Å². The van der Waals surface area contributed by atoms with Crippen LogP contribution < -0.4 is 4.74 Å². The largest absolute Gasteiger partial charge is 0.480 e. The summed E-state index contributed by atoms with van der Waals surface area (Å²) in [5.41, 5.74) is 0.881. The molecule has 0 spiro atoms. The number of hydrogen-bond donors (Lipinski definition) is 1. The standard InChI is InChI=1S/C21H15N3O7S/c1-30-21(27)12-3-7-18(17(9-12)24(28)29)31-13-4-6-14-11(8-13)2-5-15(22-14)19-23-16(10-32-19)20(25)26/h2-9,16H,10H2,1H3,(H,25,26)/t16-/m1/s1. The number of nitro groups is 1. The maximum Gasteiger partial charge on any atom is 0.338 e. The van der Waals surface area contributed by atoms with Crippen molar-refractivity contribution < 1.29 is 29.1 Å². The number of carbonyl (C=O) groups excluding carboxylic acids is 1. The molecule has 0 radical (unpaired) electrons. The molecule has 0 bridgehead atoms. The van der Waals surface area contributed by atoms with Gasteiger partial charge in [0.15, 0.2) is 6.04 Å². The number of pyridine rings is 1. The van der Waals surface area contributed by atoms with E-state index >= 15 is 0 Å². The molecule has 0 unspecified atom stereocenters. The third-order valence-corrected chi connectivity index (χ3v) is 5.69. The highest BCUT2D eigenvalue weighted by Gasteiger charge is 2.26. The molecule has 32 heavy (non-hydrogen) atoms. The minimum atomic E-state index is -0.969. The highest BCUT2D eigenvalue weighted by atomic mass is 32.2.